The molecule has 62 valence electrons. The average molecular weight is 182 g/mol. The first-order chi connectivity index (χ1) is 5.68. The fraction of sp³-hybridized carbons (Fsp3) is 0.125. The molecule has 12 heavy (non-hydrogen) atoms. The molecular weight excluding hydrogens is 174 g/mol. The van der Waals surface area contributed by atoms with Gasteiger partial charge in [0, 0.05) is 6.20 Å². The van der Waals surface area contributed by atoms with Crippen molar-refractivity contribution >= 4 is 23.1 Å². The van der Waals surface area contributed by atoms with E-state index in [1.807, 2.05) is 25.3 Å². The number of aromatic nitrogens is 2. The van der Waals surface area contributed by atoms with Crippen molar-refractivity contribution in [3.63, 3.8) is 0 Å². The van der Waals surface area contributed by atoms with Crippen LogP contribution in [0.15, 0.2) is 18.3 Å². The fourth-order valence-electron chi connectivity index (χ4n) is 1.18. The van der Waals surface area contributed by atoms with Crippen LogP contribution >= 0.6 is 11.6 Å². The molecule has 2 heterocycles. The van der Waals surface area contributed by atoms with Crippen LogP contribution in [0.3, 0.4) is 0 Å². The molecule has 0 atom stereocenters. The van der Waals surface area contributed by atoms with Gasteiger partial charge >= 0.3 is 0 Å². The molecule has 0 saturated heterocycles. The van der Waals surface area contributed by atoms with Gasteiger partial charge in [-0.3, -0.25) is 4.40 Å². The number of anilines is 1. The summed E-state index contributed by atoms with van der Waals surface area (Å²) in [6.45, 7) is 2.00. The number of aryl methyl sites for hydroxylation is 1. The number of nitrogens with zero attached hydrogens (tertiary/aromatic N) is 2. The number of nitrogens with two attached hydrogens (primary N) is 1. The van der Waals surface area contributed by atoms with Gasteiger partial charge in [0.1, 0.15) is 0 Å². The second-order valence-electron chi connectivity index (χ2n) is 2.72. The Labute approximate surface area is 74.8 Å². The predicted molar refractivity (Wildman–Crippen MR) is 49.4 cm³/mol. The molecule has 0 fully saturated rings. The van der Waals surface area contributed by atoms with Gasteiger partial charge in [-0.05, 0) is 24.6 Å². The van der Waals surface area contributed by atoms with Crippen molar-refractivity contribution in [1.82, 2.24) is 9.38 Å². The molecular formula is C8H8ClN3. The molecule has 0 aliphatic carbocycles. The Hall–Kier alpha value is -1.22. The van der Waals surface area contributed by atoms with Crippen LogP contribution in [-0.2, 0) is 0 Å². The highest BCUT2D eigenvalue weighted by molar-refractivity contribution is 6.32. The third-order valence-corrected chi connectivity index (χ3v) is 2.06. The Kier molecular flexibility index (Phi) is 1.48. The Balaban J connectivity index is 2.90. The minimum atomic E-state index is 0.426. The minimum absolute atomic E-state index is 0.426. The second kappa shape index (κ2) is 2.38. The predicted octanol–water partition coefficient (Wildman–Crippen LogP) is 1.88. The van der Waals surface area contributed by atoms with Gasteiger partial charge in [0.25, 0.3) is 0 Å². The molecule has 0 aromatic carbocycles. The highest BCUT2D eigenvalue weighted by Crippen LogP contribution is 2.19. The molecule has 0 unspecified atom stereocenters. The molecule has 4 heteroatoms. The molecule has 2 rings (SSSR count). The maximum absolute atomic E-state index is 5.84. The Bertz CT molecular complexity index is 433. The van der Waals surface area contributed by atoms with E-state index in [1.54, 1.807) is 4.40 Å². The van der Waals surface area contributed by atoms with Crippen LogP contribution in [-0.4, -0.2) is 9.38 Å². The maximum atomic E-state index is 5.84. The normalized spacial score (nSPS) is 10.8. The van der Waals surface area contributed by atoms with E-state index in [0.29, 0.717) is 11.1 Å². The summed E-state index contributed by atoms with van der Waals surface area (Å²) in [5.41, 5.74) is 7.59. The summed E-state index contributed by atoms with van der Waals surface area (Å²) in [5, 5.41) is 0.455. The lowest BCUT2D eigenvalue weighted by Gasteiger charge is -1.96. The molecule has 0 amide bonds. The molecule has 0 saturated carbocycles. The van der Waals surface area contributed by atoms with Crippen molar-refractivity contribution in [3.05, 3.63) is 29.0 Å². The molecule has 0 radical (unpaired) electrons. The Morgan fingerprint density at radius 2 is 2.33 bits per heavy atom. The van der Waals surface area contributed by atoms with Crippen molar-refractivity contribution in [3.8, 4) is 0 Å². The van der Waals surface area contributed by atoms with Crippen molar-refractivity contribution in [2.75, 3.05) is 5.73 Å². The van der Waals surface area contributed by atoms with Crippen LogP contribution in [0.1, 0.15) is 5.56 Å². The van der Waals surface area contributed by atoms with Gasteiger partial charge in [-0.15, -0.1) is 0 Å². The lowest BCUT2D eigenvalue weighted by molar-refractivity contribution is 1.16. The van der Waals surface area contributed by atoms with E-state index in [0.717, 1.165) is 11.1 Å². The molecule has 0 bridgehead atoms. The van der Waals surface area contributed by atoms with E-state index >= 15 is 0 Å². The van der Waals surface area contributed by atoms with Crippen LogP contribution < -0.4 is 5.73 Å². The molecule has 0 aliphatic heterocycles. The maximum Gasteiger partial charge on any atom is 0.206 e. The van der Waals surface area contributed by atoms with Crippen LogP contribution in [0.4, 0.5) is 5.95 Å². The number of hydrogen-bond donors (Lipinski definition) is 1. The van der Waals surface area contributed by atoms with Gasteiger partial charge in [0.05, 0.1) is 5.52 Å². The zero-order valence-electron chi connectivity index (χ0n) is 6.58. The Morgan fingerprint density at radius 3 is 3.08 bits per heavy atom. The zero-order chi connectivity index (χ0) is 8.72. The topological polar surface area (TPSA) is 43.3 Å². The smallest absolute Gasteiger partial charge is 0.206 e. The van der Waals surface area contributed by atoms with Crippen molar-refractivity contribution in [2.45, 2.75) is 6.92 Å². The van der Waals surface area contributed by atoms with Gasteiger partial charge in [-0.1, -0.05) is 11.6 Å². The van der Waals surface area contributed by atoms with Gasteiger partial charge in [-0.25, -0.2) is 4.98 Å². The highest BCUT2D eigenvalue weighted by atomic mass is 35.5. The molecule has 2 aromatic heterocycles. The lowest BCUT2D eigenvalue weighted by atomic mass is 10.3. The summed E-state index contributed by atoms with van der Waals surface area (Å²) in [4.78, 5) is 3.94. The first-order valence-electron chi connectivity index (χ1n) is 3.58. The van der Waals surface area contributed by atoms with Crippen LogP contribution in [0.5, 0.6) is 0 Å². The number of nitrogen functional groups attached to an aromatic ring is 1. The van der Waals surface area contributed by atoms with Crippen molar-refractivity contribution in [2.24, 2.45) is 0 Å². The third-order valence-electron chi connectivity index (χ3n) is 1.78. The van der Waals surface area contributed by atoms with E-state index < -0.39 is 0 Å². The quantitative estimate of drug-likeness (QED) is 0.675. The van der Waals surface area contributed by atoms with E-state index in [2.05, 4.69) is 4.98 Å². The van der Waals surface area contributed by atoms with E-state index in [4.69, 9.17) is 17.3 Å². The highest BCUT2D eigenvalue weighted by Gasteiger charge is 2.04. The largest absolute Gasteiger partial charge is 0.369 e. The first kappa shape index (κ1) is 7.43. The average Bonchev–Trinajstić information content (AvgIpc) is 2.28. The monoisotopic (exact) mass is 181 g/mol. The number of fused-ring (bicyclic) bond motifs is 1. The van der Waals surface area contributed by atoms with E-state index in [9.17, 15) is 0 Å². The van der Waals surface area contributed by atoms with Crippen LogP contribution in [0.25, 0.3) is 5.52 Å². The van der Waals surface area contributed by atoms with Crippen molar-refractivity contribution in [1.29, 1.82) is 0 Å². The summed E-state index contributed by atoms with van der Waals surface area (Å²) in [6.07, 6.45) is 1.86. The number of imidazole rings is 1. The summed E-state index contributed by atoms with van der Waals surface area (Å²) < 4.78 is 1.76. The fourth-order valence-corrected chi connectivity index (χ4v) is 1.41. The summed E-state index contributed by atoms with van der Waals surface area (Å²) >= 11 is 5.84. The van der Waals surface area contributed by atoms with Crippen LogP contribution in [0.2, 0.25) is 5.15 Å². The van der Waals surface area contributed by atoms with Crippen molar-refractivity contribution < 1.29 is 0 Å². The number of pyridine rings is 1. The second-order valence-corrected chi connectivity index (χ2v) is 3.08. The van der Waals surface area contributed by atoms with Gasteiger partial charge in [0.2, 0.25) is 5.95 Å². The standard InChI is InChI=1S/C8H8ClN3/c1-5-2-3-12-6(4-5)7(9)11-8(12)10/h2-4H,1H3,(H2,10,11). The molecule has 0 spiro atoms. The number of hydrogen-bond acceptors (Lipinski definition) is 2. The number of rotatable bonds is 0. The SMILES string of the molecule is Cc1ccn2c(N)nc(Cl)c2c1. The molecule has 3 nitrogen and oxygen atoms in total. The molecule has 2 N–H and O–H groups in total. The minimum Gasteiger partial charge on any atom is -0.369 e. The molecule has 2 aromatic rings. The molecule has 0 aliphatic rings. The zero-order valence-corrected chi connectivity index (χ0v) is 7.34. The van der Waals surface area contributed by atoms with E-state index in [-0.39, 0.29) is 0 Å². The summed E-state index contributed by atoms with van der Waals surface area (Å²) in [7, 11) is 0. The summed E-state index contributed by atoms with van der Waals surface area (Å²) in [5.74, 6) is 0.426. The first-order valence-corrected chi connectivity index (χ1v) is 3.96. The van der Waals surface area contributed by atoms with E-state index in [1.165, 1.54) is 0 Å². The van der Waals surface area contributed by atoms with Crippen LogP contribution in [0, 0.1) is 6.92 Å². The third kappa shape index (κ3) is 0.940. The van der Waals surface area contributed by atoms with Gasteiger partial charge in [-0.2, -0.15) is 0 Å². The van der Waals surface area contributed by atoms with Gasteiger partial charge < -0.3 is 5.73 Å². The number of halogens is 1. The van der Waals surface area contributed by atoms with Gasteiger partial charge in [0.15, 0.2) is 5.15 Å². The summed E-state index contributed by atoms with van der Waals surface area (Å²) in [6, 6.07) is 3.91. The Morgan fingerprint density at radius 1 is 1.58 bits per heavy atom. The lowest BCUT2D eigenvalue weighted by Crippen LogP contribution is -1.93.